The summed E-state index contributed by atoms with van der Waals surface area (Å²) in [6.45, 7) is 7.37. The molecule has 1 aliphatic carbocycles. The summed E-state index contributed by atoms with van der Waals surface area (Å²) in [7, 11) is -0.297. The van der Waals surface area contributed by atoms with Crippen molar-refractivity contribution in [2.45, 2.75) is 37.9 Å². The maximum absolute atomic E-state index is 2.62. The van der Waals surface area contributed by atoms with Crippen LogP contribution in [0.25, 0.3) is 5.70 Å². The van der Waals surface area contributed by atoms with Gasteiger partial charge in [0.25, 0.3) is 0 Å². The predicted molar refractivity (Wildman–Crippen MR) is 80.1 cm³/mol. The molecule has 0 N–H and O–H groups in total. The molecular formula is C16H22NSi. The van der Waals surface area contributed by atoms with E-state index in [1.165, 1.54) is 43.6 Å². The third-order valence-electron chi connectivity index (χ3n) is 4.22. The minimum Gasteiger partial charge on any atom is -0.371 e. The van der Waals surface area contributed by atoms with Crippen molar-refractivity contribution in [2.75, 3.05) is 13.1 Å². The zero-order valence-electron chi connectivity index (χ0n) is 11.4. The summed E-state index contributed by atoms with van der Waals surface area (Å²) in [6, 6.07) is 9.05. The van der Waals surface area contributed by atoms with Crippen LogP contribution < -0.4 is 0 Å². The molecule has 2 aliphatic rings. The Balaban J connectivity index is 1.96. The van der Waals surface area contributed by atoms with E-state index in [2.05, 4.69) is 48.3 Å². The van der Waals surface area contributed by atoms with Gasteiger partial charge in [-0.3, -0.25) is 0 Å². The molecule has 3 rings (SSSR count). The molecule has 1 aromatic carbocycles. The molecule has 0 aromatic heterocycles. The van der Waals surface area contributed by atoms with E-state index in [-0.39, 0.29) is 8.80 Å². The van der Waals surface area contributed by atoms with Crippen molar-refractivity contribution in [1.29, 1.82) is 0 Å². The van der Waals surface area contributed by atoms with Crippen LogP contribution in [0.2, 0.25) is 13.1 Å². The molecule has 1 atom stereocenters. The lowest BCUT2D eigenvalue weighted by Gasteiger charge is -2.30. The molecule has 1 aliphatic heterocycles. The van der Waals surface area contributed by atoms with Crippen LogP contribution in [0.3, 0.4) is 0 Å². The van der Waals surface area contributed by atoms with Crippen molar-refractivity contribution in [3.63, 3.8) is 0 Å². The minimum absolute atomic E-state index is 0.297. The second kappa shape index (κ2) is 4.92. The second-order valence-electron chi connectivity index (χ2n) is 5.74. The Kier molecular flexibility index (Phi) is 3.29. The van der Waals surface area contributed by atoms with Gasteiger partial charge in [0.1, 0.15) is 0 Å². The van der Waals surface area contributed by atoms with Crippen LogP contribution in [-0.4, -0.2) is 26.8 Å². The fraction of sp³-hybridized carbons (Fsp3) is 0.500. The largest absolute Gasteiger partial charge is 0.371 e. The van der Waals surface area contributed by atoms with Gasteiger partial charge in [-0.25, -0.2) is 0 Å². The number of nitrogens with zero attached hydrogens (tertiary/aromatic N) is 1. The lowest BCUT2D eigenvalue weighted by Crippen LogP contribution is -2.27. The summed E-state index contributed by atoms with van der Waals surface area (Å²) in [5, 5.41) is 0. The van der Waals surface area contributed by atoms with Crippen molar-refractivity contribution in [3.8, 4) is 0 Å². The lowest BCUT2D eigenvalue weighted by atomic mass is 10.1. The quantitative estimate of drug-likeness (QED) is 0.725. The second-order valence-corrected chi connectivity index (χ2v) is 8.52. The molecule has 0 bridgehead atoms. The normalized spacial score (nSPS) is 23.2. The van der Waals surface area contributed by atoms with Crippen LogP contribution >= 0.6 is 0 Å². The Hall–Kier alpha value is -1.02. The van der Waals surface area contributed by atoms with Crippen molar-refractivity contribution in [2.24, 2.45) is 0 Å². The van der Waals surface area contributed by atoms with Gasteiger partial charge in [-0.1, -0.05) is 43.4 Å². The summed E-state index contributed by atoms with van der Waals surface area (Å²) in [4.78, 5) is 2.62. The topological polar surface area (TPSA) is 3.24 Å². The average Bonchev–Trinajstić information content (AvgIpc) is 2.79. The van der Waals surface area contributed by atoms with Crippen LogP contribution in [-0.2, 0) is 0 Å². The van der Waals surface area contributed by atoms with E-state index < -0.39 is 0 Å². The Morgan fingerprint density at radius 1 is 1.06 bits per heavy atom. The summed E-state index contributed by atoms with van der Waals surface area (Å²) in [5.41, 5.74) is 5.33. The van der Waals surface area contributed by atoms with E-state index in [0.717, 1.165) is 0 Å². The smallest absolute Gasteiger partial charge is 0.0549 e. The van der Waals surface area contributed by atoms with Gasteiger partial charge in [0.15, 0.2) is 0 Å². The van der Waals surface area contributed by atoms with E-state index in [0.29, 0.717) is 5.54 Å². The molecule has 1 nitrogen and oxygen atoms in total. The molecule has 0 spiro atoms. The van der Waals surface area contributed by atoms with Gasteiger partial charge in [0.05, 0.1) is 8.80 Å². The third-order valence-corrected chi connectivity index (χ3v) is 5.94. The molecular weight excluding hydrogens is 234 g/mol. The third kappa shape index (κ3) is 2.03. The molecule has 95 valence electrons. The highest BCUT2D eigenvalue weighted by molar-refractivity contribution is 6.58. The first-order valence-electron chi connectivity index (χ1n) is 7.13. The molecule has 18 heavy (non-hydrogen) atoms. The van der Waals surface area contributed by atoms with Gasteiger partial charge >= 0.3 is 0 Å². The minimum atomic E-state index is -0.297. The molecule has 1 saturated heterocycles. The molecule has 1 fully saturated rings. The standard InChI is InChI=1S/C16H22NSi/c1-18(2)16-12-15(17-10-6-3-7-11-17)13-8-4-5-9-14(13)16/h4-5,8-9,12,16H,3,6-7,10-11H2,1-2H3. The fourth-order valence-corrected chi connectivity index (χ4v) is 4.59. The first-order valence-corrected chi connectivity index (χ1v) is 9.71. The summed E-state index contributed by atoms with van der Waals surface area (Å²) >= 11 is 0. The van der Waals surface area contributed by atoms with Gasteiger partial charge < -0.3 is 4.90 Å². The van der Waals surface area contributed by atoms with Gasteiger partial charge in [-0.2, -0.15) is 0 Å². The molecule has 0 saturated carbocycles. The van der Waals surface area contributed by atoms with Gasteiger partial charge in [0, 0.05) is 24.4 Å². The van der Waals surface area contributed by atoms with Crippen LogP contribution in [0.5, 0.6) is 0 Å². The molecule has 1 heterocycles. The van der Waals surface area contributed by atoms with Crippen LogP contribution in [0.15, 0.2) is 30.3 Å². The highest BCUT2D eigenvalue weighted by Crippen LogP contribution is 2.39. The number of rotatable bonds is 2. The van der Waals surface area contributed by atoms with Crippen LogP contribution in [0, 0.1) is 0 Å². The molecule has 1 unspecified atom stereocenters. The number of fused-ring (bicyclic) bond motifs is 1. The van der Waals surface area contributed by atoms with Crippen LogP contribution in [0.1, 0.15) is 35.9 Å². The number of piperidine rings is 1. The first-order chi connectivity index (χ1) is 8.77. The highest BCUT2D eigenvalue weighted by atomic mass is 28.3. The molecule has 0 amide bonds. The Labute approximate surface area is 112 Å². The Morgan fingerprint density at radius 2 is 1.78 bits per heavy atom. The molecule has 1 radical (unpaired) electrons. The van der Waals surface area contributed by atoms with E-state index >= 15 is 0 Å². The van der Waals surface area contributed by atoms with E-state index in [1.807, 2.05) is 0 Å². The lowest BCUT2D eigenvalue weighted by molar-refractivity contribution is 0.326. The highest BCUT2D eigenvalue weighted by Gasteiger charge is 2.28. The average molecular weight is 256 g/mol. The van der Waals surface area contributed by atoms with Gasteiger partial charge in [0.2, 0.25) is 0 Å². The maximum atomic E-state index is 2.62. The number of benzene rings is 1. The van der Waals surface area contributed by atoms with Crippen molar-refractivity contribution >= 4 is 14.5 Å². The first kappa shape index (κ1) is 12.0. The predicted octanol–water partition coefficient (Wildman–Crippen LogP) is 3.90. The summed E-state index contributed by atoms with van der Waals surface area (Å²) in [5.74, 6) is 0. The zero-order chi connectivity index (χ0) is 12.5. The van der Waals surface area contributed by atoms with E-state index in [9.17, 15) is 0 Å². The zero-order valence-corrected chi connectivity index (χ0v) is 12.4. The van der Waals surface area contributed by atoms with E-state index in [4.69, 9.17) is 0 Å². The van der Waals surface area contributed by atoms with Gasteiger partial charge in [-0.15, -0.1) is 0 Å². The number of allylic oxidation sites excluding steroid dienone is 1. The van der Waals surface area contributed by atoms with E-state index in [1.54, 1.807) is 5.56 Å². The van der Waals surface area contributed by atoms with Crippen molar-refractivity contribution < 1.29 is 0 Å². The van der Waals surface area contributed by atoms with Crippen molar-refractivity contribution in [3.05, 3.63) is 41.5 Å². The van der Waals surface area contributed by atoms with Gasteiger partial charge in [-0.05, 0) is 30.4 Å². The summed E-state index contributed by atoms with van der Waals surface area (Å²) in [6.07, 6.45) is 6.69. The maximum Gasteiger partial charge on any atom is 0.0549 e. The Bertz CT molecular complexity index is 458. The number of likely N-dealkylation sites (tertiary alicyclic amines) is 1. The molecule has 1 aromatic rings. The Morgan fingerprint density at radius 3 is 2.50 bits per heavy atom. The van der Waals surface area contributed by atoms with Crippen LogP contribution in [0.4, 0.5) is 0 Å². The fourth-order valence-electron chi connectivity index (χ4n) is 3.23. The summed E-state index contributed by atoms with van der Waals surface area (Å²) < 4.78 is 0. The number of hydrogen-bond donors (Lipinski definition) is 0. The molecule has 2 heteroatoms. The monoisotopic (exact) mass is 256 g/mol. The number of hydrogen-bond acceptors (Lipinski definition) is 1. The van der Waals surface area contributed by atoms with Crippen molar-refractivity contribution in [1.82, 2.24) is 4.90 Å². The SMILES string of the molecule is C[Si](C)C1C=C(N2CCCCC2)c2ccccc21.